The molecule has 138 valence electrons. The molecule has 1 saturated heterocycles. The third kappa shape index (κ3) is 4.12. The van der Waals surface area contributed by atoms with E-state index in [4.69, 9.17) is 4.74 Å². The van der Waals surface area contributed by atoms with Crippen LogP contribution in [-0.4, -0.2) is 28.3 Å². The van der Waals surface area contributed by atoms with E-state index < -0.39 is 11.0 Å². The minimum atomic E-state index is -0.449. The number of likely N-dealkylation sites (N-methyl/N-ethyl adjacent to an activating group) is 1. The monoisotopic (exact) mass is 367 g/mol. The van der Waals surface area contributed by atoms with E-state index in [1.54, 1.807) is 49.4 Å². The van der Waals surface area contributed by atoms with Crippen LogP contribution in [0.1, 0.15) is 18.1 Å². The average molecular weight is 367 g/mol. The van der Waals surface area contributed by atoms with Crippen LogP contribution in [-0.2, 0) is 11.4 Å². The number of imide groups is 1. The van der Waals surface area contributed by atoms with Gasteiger partial charge >= 0.3 is 6.03 Å². The number of non-ortho nitro benzene ring substituents is 1. The van der Waals surface area contributed by atoms with Gasteiger partial charge in [-0.25, -0.2) is 4.79 Å². The van der Waals surface area contributed by atoms with Crippen molar-refractivity contribution < 1.29 is 19.2 Å². The van der Waals surface area contributed by atoms with Crippen molar-refractivity contribution in [2.45, 2.75) is 13.5 Å². The van der Waals surface area contributed by atoms with Crippen LogP contribution in [0.2, 0.25) is 0 Å². The van der Waals surface area contributed by atoms with Crippen LogP contribution in [0, 0.1) is 10.1 Å². The van der Waals surface area contributed by atoms with E-state index in [-0.39, 0.29) is 23.9 Å². The van der Waals surface area contributed by atoms with Crippen molar-refractivity contribution in [3.8, 4) is 5.75 Å². The minimum absolute atomic E-state index is 0.0336. The highest BCUT2D eigenvalue weighted by Gasteiger charge is 2.31. The number of hydrogen-bond donors (Lipinski definition) is 1. The summed E-state index contributed by atoms with van der Waals surface area (Å²) in [7, 11) is 0. The summed E-state index contributed by atoms with van der Waals surface area (Å²) in [6.07, 6.45) is 1.61. The number of nitrogens with zero attached hydrogens (tertiary/aromatic N) is 2. The molecule has 0 aromatic heterocycles. The maximum Gasteiger partial charge on any atom is 0.328 e. The van der Waals surface area contributed by atoms with Crippen molar-refractivity contribution in [1.82, 2.24) is 10.2 Å². The van der Waals surface area contributed by atoms with Crippen LogP contribution in [0.15, 0.2) is 54.2 Å². The van der Waals surface area contributed by atoms with Crippen molar-refractivity contribution in [1.29, 1.82) is 0 Å². The summed E-state index contributed by atoms with van der Waals surface area (Å²) in [5.74, 6) is 0.272. The Labute approximate surface area is 155 Å². The van der Waals surface area contributed by atoms with E-state index in [9.17, 15) is 19.7 Å². The van der Waals surface area contributed by atoms with Crippen molar-refractivity contribution in [3.05, 3.63) is 75.5 Å². The first-order valence-electron chi connectivity index (χ1n) is 8.28. The number of rotatable bonds is 6. The first-order chi connectivity index (χ1) is 13.0. The molecule has 1 N–H and O–H groups in total. The molecule has 1 aliphatic heterocycles. The van der Waals surface area contributed by atoms with Crippen LogP contribution in [0.4, 0.5) is 10.5 Å². The summed E-state index contributed by atoms with van der Waals surface area (Å²) >= 11 is 0. The lowest BCUT2D eigenvalue weighted by molar-refractivity contribution is -0.384. The number of nitro groups is 1. The standard InChI is InChI=1S/C19H17N3O5/c1-2-21-18(23)17(20-19(21)24)11-13-5-9-16(10-6-13)27-12-14-3-7-15(8-4-14)22(25)26/h3-11H,2,12H2,1H3,(H,20,24)/b17-11+. The van der Waals surface area contributed by atoms with Gasteiger partial charge in [0.15, 0.2) is 0 Å². The smallest absolute Gasteiger partial charge is 0.328 e. The minimum Gasteiger partial charge on any atom is -0.489 e. The molecular weight excluding hydrogens is 350 g/mol. The van der Waals surface area contributed by atoms with E-state index in [0.29, 0.717) is 12.3 Å². The highest BCUT2D eigenvalue weighted by Crippen LogP contribution is 2.19. The number of urea groups is 1. The first-order valence-corrected chi connectivity index (χ1v) is 8.28. The zero-order chi connectivity index (χ0) is 19.4. The van der Waals surface area contributed by atoms with Crippen molar-refractivity contribution >= 4 is 23.7 Å². The van der Waals surface area contributed by atoms with Gasteiger partial charge in [-0.2, -0.15) is 0 Å². The Balaban J connectivity index is 1.62. The zero-order valence-electron chi connectivity index (χ0n) is 14.5. The van der Waals surface area contributed by atoms with Gasteiger partial charge in [-0.1, -0.05) is 12.1 Å². The third-order valence-electron chi connectivity index (χ3n) is 4.02. The number of carbonyl (C=O) groups is 2. The van der Waals surface area contributed by atoms with Crippen LogP contribution in [0.3, 0.4) is 0 Å². The molecule has 0 saturated carbocycles. The summed E-state index contributed by atoms with van der Waals surface area (Å²) < 4.78 is 5.65. The predicted octanol–water partition coefficient (Wildman–Crippen LogP) is 3.09. The lowest BCUT2D eigenvalue weighted by Gasteiger charge is -2.07. The zero-order valence-corrected chi connectivity index (χ0v) is 14.5. The van der Waals surface area contributed by atoms with Gasteiger partial charge in [0.2, 0.25) is 0 Å². The number of benzene rings is 2. The van der Waals surface area contributed by atoms with Gasteiger partial charge in [-0.15, -0.1) is 0 Å². The number of ether oxygens (including phenoxy) is 1. The van der Waals surface area contributed by atoms with Gasteiger partial charge in [-0.3, -0.25) is 19.8 Å². The Bertz CT molecular complexity index is 904. The third-order valence-corrected chi connectivity index (χ3v) is 4.02. The highest BCUT2D eigenvalue weighted by molar-refractivity contribution is 6.13. The van der Waals surface area contributed by atoms with E-state index in [0.717, 1.165) is 16.0 Å². The highest BCUT2D eigenvalue weighted by atomic mass is 16.6. The molecule has 0 unspecified atom stereocenters. The molecule has 0 aliphatic carbocycles. The Kier molecular flexibility index (Phi) is 5.16. The second-order valence-corrected chi connectivity index (χ2v) is 5.82. The SMILES string of the molecule is CCN1C(=O)N/C(=C/c2ccc(OCc3ccc([N+](=O)[O-])cc3)cc2)C1=O. The molecule has 3 amide bonds. The van der Waals surface area contributed by atoms with Gasteiger partial charge in [-0.05, 0) is 48.4 Å². The van der Waals surface area contributed by atoms with Crippen LogP contribution < -0.4 is 10.1 Å². The molecule has 0 atom stereocenters. The molecular formula is C19H17N3O5. The molecule has 2 aromatic carbocycles. The predicted molar refractivity (Wildman–Crippen MR) is 97.8 cm³/mol. The van der Waals surface area contributed by atoms with E-state index in [1.807, 2.05) is 0 Å². The molecule has 0 radical (unpaired) electrons. The second-order valence-electron chi connectivity index (χ2n) is 5.82. The topological polar surface area (TPSA) is 102 Å². The fraction of sp³-hybridized carbons (Fsp3) is 0.158. The second kappa shape index (κ2) is 7.69. The van der Waals surface area contributed by atoms with Crippen LogP contribution >= 0.6 is 0 Å². The van der Waals surface area contributed by atoms with E-state index in [1.165, 1.54) is 12.1 Å². The number of hydrogen-bond acceptors (Lipinski definition) is 5. The number of carbonyl (C=O) groups excluding carboxylic acids is 2. The van der Waals surface area contributed by atoms with Gasteiger partial charge < -0.3 is 10.1 Å². The Hall–Kier alpha value is -3.68. The summed E-state index contributed by atoms with van der Waals surface area (Å²) in [5.41, 5.74) is 1.83. The molecule has 27 heavy (non-hydrogen) atoms. The number of amides is 3. The fourth-order valence-corrected chi connectivity index (χ4v) is 2.57. The fourth-order valence-electron chi connectivity index (χ4n) is 2.57. The normalized spacial score (nSPS) is 15.1. The molecule has 2 aromatic rings. The van der Waals surface area contributed by atoms with Gasteiger partial charge in [0.25, 0.3) is 11.6 Å². The summed E-state index contributed by atoms with van der Waals surface area (Å²) in [4.78, 5) is 35.0. The van der Waals surface area contributed by atoms with Gasteiger partial charge in [0, 0.05) is 18.7 Å². The maximum absolute atomic E-state index is 12.1. The first kappa shape index (κ1) is 18.1. The lowest BCUT2D eigenvalue weighted by atomic mass is 10.2. The molecule has 8 nitrogen and oxygen atoms in total. The molecule has 0 spiro atoms. The Morgan fingerprint density at radius 3 is 2.33 bits per heavy atom. The molecule has 1 aliphatic rings. The van der Waals surface area contributed by atoms with Gasteiger partial charge in [0.1, 0.15) is 18.1 Å². The van der Waals surface area contributed by atoms with Crippen molar-refractivity contribution in [2.24, 2.45) is 0 Å². The average Bonchev–Trinajstić information content (AvgIpc) is 2.94. The Morgan fingerprint density at radius 2 is 1.78 bits per heavy atom. The largest absolute Gasteiger partial charge is 0.489 e. The molecule has 1 heterocycles. The molecule has 0 bridgehead atoms. The van der Waals surface area contributed by atoms with Crippen molar-refractivity contribution in [2.75, 3.05) is 6.54 Å². The lowest BCUT2D eigenvalue weighted by Crippen LogP contribution is -2.30. The summed E-state index contributed by atoms with van der Waals surface area (Å²) in [6, 6.07) is 12.8. The Morgan fingerprint density at radius 1 is 1.11 bits per heavy atom. The quantitative estimate of drug-likeness (QED) is 0.366. The van der Waals surface area contributed by atoms with E-state index >= 15 is 0 Å². The van der Waals surface area contributed by atoms with Crippen LogP contribution in [0.25, 0.3) is 6.08 Å². The van der Waals surface area contributed by atoms with E-state index in [2.05, 4.69) is 5.32 Å². The van der Waals surface area contributed by atoms with Crippen molar-refractivity contribution in [3.63, 3.8) is 0 Å². The number of nitro benzene ring substituents is 1. The molecule has 1 fully saturated rings. The molecule has 3 rings (SSSR count). The summed E-state index contributed by atoms with van der Waals surface area (Å²) in [5, 5.41) is 13.2. The van der Waals surface area contributed by atoms with Gasteiger partial charge in [0.05, 0.1) is 4.92 Å². The maximum atomic E-state index is 12.1. The van der Waals surface area contributed by atoms with Crippen LogP contribution in [0.5, 0.6) is 5.75 Å². The number of nitrogens with one attached hydrogen (secondary N) is 1. The summed E-state index contributed by atoms with van der Waals surface area (Å²) in [6.45, 7) is 2.33. The molecule has 8 heteroatoms.